The molecule has 234 valence electrons. The van der Waals surface area contributed by atoms with E-state index in [4.69, 9.17) is 19.5 Å². The number of aromatic carboxylic acids is 1. The van der Waals surface area contributed by atoms with Crippen molar-refractivity contribution in [2.75, 3.05) is 20.3 Å². The van der Waals surface area contributed by atoms with E-state index >= 15 is 8.78 Å². The number of nitriles is 1. The number of aromatic nitrogens is 3. The van der Waals surface area contributed by atoms with Gasteiger partial charge in [-0.05, 0) is 61.0 Å². The largest absolute Gasteiger partial charge is 0.478 e. The first-order chi connectivity index (χ1) is 22.1. The third-order valence-corrected chi connectivity index (χ3v) is 8.20. The lowest BCUT2D eigenvalue weighted by atomic mass is 9.99. The van der Waals surface area contributed by atoms with Gasteiger partial charge in [-0.3, -0.25) is 0 Å². The van der Waals surface area contributed by atoms with Crippen molar-refractivity contribution in [3.8, 4) is 23.2 Å². The molecule has 46 heavy (non-hydrogen) atoms. The first kappa shape index (κ1) is 30.8. The average molecular weight is 629 g/mol. The fourth-order valence-electron chi connectivity index (χ4n) is 5.56. The van der Waals surface area contributed by atoms with E-state index in [-0.39, 0.29) is 65.6 Å². The molecule has 3 heterocycles. The number of ether oxygens (including phenoxy) is 3. The fourth-order valence-corrected chi connectivity index (χ4v) is 5.56. The molecule has 1 N–H and O–H groups in total. The van der Waals surface area contributed by atoms with Crippen molar-refractivity contribution >= 4 is 17.0 Å². The molecular weight excluding hydrogens is 601 g/mol. The van der Waals surface area contributed by atoms with Gasteiger partial charge >= 0.3 is 5.97 Å². The van der Waals surface area contributed by atoms with Gasteiger partial charge in [0.05, 0.1) is 53.2 Å². The van der Waals surface area contributed by atoms with Crippen molar-refractivity contribution in [3.05, 3.63) is 112 Å². The van der Waals surface area contributed by atoms with Crippen LogP contribution < -0.4 is 4.74 Å². The zero-order chi connectivity index (χ0) is 32.6. The molecule has 1 saturated heterocycles. The first-order valence-electron chi connectivity index (χ1n) is 14.2. The number of benzene rings is 3. The average Bonchev–Trinajstić information content (AvgIpc) is 3.60. The standard InChI is InChI=1S/C34H27F3N4O5/c1-34(44-2)18-45-17-30(34)41-29-12-20(33(42)43)8-9-28(29)39-31(41)13-22-11-26(37)23(14-25(22)36)27-4-3-5-32(40-27)46-16-21-7-6-19(15-38)10-24(21)35/h3-12,14,30H,13,16-18H2,1-2H3,(H,42,43)/t30-,34+/m1/s1. The number of methoxy groups -OCH3 is 1. The van der Waals surface area contributed by atoms with Gasteiger partial charge in [-0.1, -0.05) is 12.1 Å². The van der Waals surface area contributed by atoms with Crippen LogP contribution in [0.3, 0.4) is 0 Å². The van der Waals surface area contributed by atoms with Crippen LogP contribution >= 0.6 is 0 Å². The van der Waals surface area contributed by atoms with Crippen LogP contribution in [-0.4, -0.2) is 51.5 Å². The number of pyridine rings is 1. The molecule has 3 aromatic carbocycles. The van der Waals surface area contributed by atoms with E-state index in [0.29, 0.717) is 16.9 Å². The molecule has 0 amide bonds. The minimum Gasteiger partial charge on any atom is -0.478 e. The van der Waals surface area contributed by atoms with Gasteiger partial charge in [0.15, 0.2) is 0 Å². The Morgan fingerprint density at radius 3 is 2.61 bits per heavy atom. The molecule has 12 heteroatoms. The molecule has 5 aromatic rings. The molecule has 2 atom stereocenters. The molecule has 1 aliphatic heterocycles. The Morgan fingerprint density at radius 2 is 1.87 bits per heavy atom. The Morgan fingerprint density at radius 1 is 1.07 bits per heavy atom. The van der Waals surface area contributed by atoms with Crippen LogP contribution in [0.25, 0.3) is 22.3 Å². The number of carboxylic acids is 1. The van der Waals surface area contributed by atoms with Crippen molar-refractivity contribution in [1.29, 1.82) is 5.26 Å². The highest BCUT2D eigenvalue weighted by Gasteiger charge is 2.43. The van der Waals surface area contributed by atoms with Crippen LogP contribution in [0.5, 0.6) is 5.88 Å². The summed E-state index contributed by atoms with van der Waals surface area (Å²) in [5.74, 6) is -2.71. The van der Waals surface area contributed by atoms with Crippen LogP contribution in [0.4, 0.5) is 13.2 Å². The number of hydrogen-bond acceptors (Lipinski definition) is 7. The summed E-state index contributed by atoms with van der Waals surface area (Å²) in [5.41, 5.74) is 0.678. The number of imidazole rings is 1. The Kier molecular flexibility index (Phi) is 8.20. The zero-order valence-corrected chi connectivity index (χ0v) is 24.8. The van der Waals surface area contributed by atoms with Gasteiger partial charge in [-0.2, -0.15) is 5.26 Å². The number of rotatable bonds is 9. The van der Waals surface area contributed by atoms with Gasteiger partial charge in [0.1, 0.15) is 35.5 Å². The number of fused-ring (bicyclic) bond motifs is 1. The third-order valence-electron chi connectivity index (χ3n) is 8.20. The third kappa shape index (κ3) is 5.78. The Labute approximate surface area is 261 Å². The molecule has 0 unspecified atom stereocenters. The molecule has 6 rings (SSSR count). The summed E-state index contributed by atoms with van der Waals surface area (Å²) in [6, 6.07) is 16.6. The van der Waals surface area contributed by atoms with Crippen molar-refractivity contribution < 1.29 is 37.3 Å². The maximum atomic E-state index is 15.7. The number of halogens is 3. The topological polar surface area (TPSA) is 119 Å². The predicted octanol–water partition coefficient (Wildman–Crippen LogP) is 6.23. The lowest BCUT2D eigenvalue weighted by molar-refractivity contribution is -0.0218. The molecule has 0 spiro atoms. The van der Waals surface area contributed by atoms with E-state index < -0.39 is 35.1 Å². The van der Waals surface area contributed by atoms with E-state index in [0.717, 1.165) is 18.2 Å². The van der Waals surface area contributed by atoms with E-state index in [1.54, 1.807) is 23.8 Å². The molecule has 9 nitrogen and oxygen atoms in total. The Bertz CT molecular complexity index is 2020. The zero-order valence-electron chi connectivity index (χ0n) is 24.8. The SMILES string of the molecule is CO[C@@]1(C)COC[C@H]1n1c(Cc2cc(F)c(-c3cccc(OCc4ccc(C#N)cc4F)n3)cc2F)nc2ccc(C(=O)O)cc21. The monoisotopic (exact) mass is 628 g/mol. The lowest BCUT2D eigenvalue weighted by Gasteiger charge is -2.30. The van der Waals surface area contributed by atoms with Crippen LogP contribution in [-0.2, 0) is 22.5 Å². The molecule has 1 fully saturated rings. The van der Waals surface area contributed by atoms with E-state index in [1.807, 2.05) is 13.0 Å². The molecule has 0 radical (unpaired) electrons. The maximum absolute atomic E-state index is 15.7. The van der Waals surface area contributed by atoms with Gasteiger partial charge in [0.2, 0.25) is 5.88 Å². The van der Waals surface area contributed by atoms with Gasteiger partial charge in [0, 0.05) is 30.7 Å². The van der Waals surface area contributed by atoms with E-state index in [9.17, 15) is 14.3 Å². The second-order valence-corrected chi connectivity index (χ2v) is 11.1. The summed E-state index contributed by atoms with van der Waals surface area (Å²) in [6.45, 7) is 2.20. The van der Waals surface area contributed by atoms with Gasteiger partial charge < -0.3 is 23.9 Å². The minimum atomic E-state index is -1.11. The van der Waals surface area contributed by atoms with Crippen molar-refractivity contribution in [2.24, 2.45) is 0 Å². The van der Waals surface area contributed by atoms with E-state index in [1.165, 1.54) is 36.4 Å². The maximum Gasteiger partial charge on any atom is 0.335 e. The minimum absolute atomic E-state index is 0.0259. The number of nitrogens with zero attached hydrogens (tertiary/aromatic N) is 4. The molecule has 0 bridgehead atoms. The van der Waals surface area contributed by atoms with Crippen molar-refractivity contribution in [3.63, 3.8) is 0 Å². The Hall–Kier alpha value is -5.25. The molecular formula is C34H27F3N4O5. The highest BCUT2D eigenvalue weighted by molar-refractivity contribution is 5.92. The second-order valence-electron chi connectivity index (χ2n) is 11.1. The summed E-state index contributed by atoms with van der Waals surface area (Å²) in [6.07, 6.45) is -0.108. The number of hydrogen-bond donors (Lipinski definition) is 1. The van der Waals surface area contributed by atoms with Gasteiger partial charge in [-0.15, -0.1) is 0 Å². The summed E-state index contributed by atoms with van der Waals surface area (Å²) in [5, 5.41) is 18.5. The van der Waals surface area contributed by atoms with Crippen LogP contribution in [0.1, 0.15) is 45.8 Å². The van der Waals surface area contributed by atoms with Crippen LogP contribution in [0.2, 0.25) is 0 Å². The second kappa shape index (κ2) is 12.3. The number of carbonyl (C=O) groups is 1. The summed E-state index contributed by atoms with van der Waals surface area (Å²) < 4.78 is 64.4. The number of carboxylic acid groups (broad SMARTS) is 1. The van der Waals surface area contributed by atoms with E-state index in [2.05, 4.69) is 9.97 Å². The summed E-state index contributed by atoms with van der Waals surface area (Å²) >= 11 is 0. The lowest BCUT2D eigenvalue weighted by Crippen LogP contribution is -2.38. The fraction of sp³-hybridized carbons (Fsp3) is 0.235. The van der Waals surface area contributed by atoms with Crippen LogP contribution in [0.15, 0.2) is 66.7 Å². The highest BCUT2D eigenvalue weighted by atomic mass is 19.1. The smallest absolute Gasteiger partial charge is 0.335 e. The first-order valence-corrected chi connectivity index (χ1v) is 14.2. The van der Waals surface area contributed by atoms with Crippen molar-refractivity contribution in [1.82, 2.24) is 14.5 Å². The normalized spacial score (nSPS) is 17.7. The Balaban J connectivity index is 1.31. The van der Waals surface area contributed by atoms with Gasteiger partial charge in [0.25, 0.3) is 0 Å². The predicted molar refractivity (Wildman–Crippen MR) is 160 cm³/mol. The summed E-state index contributed by atoms with van der Waals surface area (Å²) in [7, 11) is 1.55. The molecule has 0 saturated carbocycles. The summed E-state index contributed by atoms with van der Waals surface area (Å²) in [4.78, 5) is 20.7. The van der Waals surface area contributed by atoms with Crippen molar-refractivity contribution in [2.45, 2.75) is 31.6 Å². The molecule has 0 aliphatic carbocycles. The quantitative estimate of drug-likeness (QED) is 0.204. The molecule has 1 aliphatic rings. The molecule has 2 aromatic heterocycles. The highest BCUT2D eigenvalue weighted by Crippen LogP contribution is 2.37. The van der Waals surface area contributed by atoms with Crippen LogP contribution in [0, 0.1) is 28.8 Å². The van der Waals surface area contributed by atoms with Gasteiger partial charge in [-0.25, -0.2) is 27.9 Å².